The highest BCUT2D eigenvalue weighted by atomic mass is 19.4. The van der Waals surface area contributed by atoms with Crippen LogP contribution in [0.15, 0.2) is 64.5 Å². The van der Waals surface area contributed by atoms with E-state index in [1.54, 1.807) is 55.7 Å². The van der Waals surface area contributed by atoms with Gasteiger partial charge >= 0.3 is 6.18 Å². The fraction of sp³-hybridized carbons (Fsp3) is 0.167. The van der Waals surface area contributed by atoms with Crippen LogP contribution >= 0.6 is 0 Å². The first-order valence-electron chi connectivity index (χ1n) is 10.3. The van der Waals surface area contributed by atoms with E-state index >= 15 is 0 Å². The second-order valence-electron chi connectivity index (χ2n) is 7.45. The van der Waals surface area contributed by atoms with Gasteiger partial charge in [0.25, 0.3) is 5.56 Å². The first-order valence-corrected chi connectivity index (χ1v) is 10.3. The summed E-state index contributed by atoms with van der Waals surface area (Å²) in [5, 5.41) is 0. The summed E-state index contributed by atoms with van der Waals surface area (Å²) >= 11 is 0. The third-order valence-electron chi connectivity index (χ3n) is 5.07. The zero-order chi connectivity index (χ0) is 25.2. The molecule has 0 aliphatic rings. The first-order chi connectivity index (χ1) is 16.7. The molecule has 8 nitrogen and oxygen atoms in total. The van der Waals surface area contributed by atoms with E-state index in [1.165, 1.54) is 17.7 Å². The molecule has 0 unspecified atom stereocenters. The Hall–Kier alpha value is -4.41. The van der Waals surface area contributed by atoms with Gasteiger partial charge in [-0.05, 0) is 48.0 Å². The van der Waals surface area contributed by atoms with Gasteiger partial charge in [0.05, 0.1) is 19.0 Å². The predicted molar refractivity (Wildman–Crippen MR) is 127 cm³/mol. The van der Waals surface area contributed by atoms with Gasteiger partial charge in [-0.1, -0.05) is 6.07 Å². The number of fused-ring (bicyclic) bond motifs is 1. The van der Waals surface area contributed by atoms with Crippen molar-refractivity contribution in [3.05, 3.63) is 70.6 Å². The molecule has 180 valence electrons. The molecule has 0 spiro atoms. The molecule has 2 aromatic heterocycles. The maximum atomic E-state index is 13.7. The van der Waals surface area contributed by atoms with Crippen LogP contribution in [0, 0.1) is 0 Å². The predicted octanol–water partition coefficient (Wildman–Crippen LogP) is 4.03. The first kappa shape index (κ1) is 23.7. The molecule has 2 heterocycles. The van der Waals surface area contributed by atoms with E-state index in [0.717, 1.165) is 6.20 Å². The Morgan fingerprint density at radius 1 is 1.14 bits per heavy atom. The number of hydrogen-bond donors (Lipinski definition) is 1. The highest BCUT2D eigenvalue weighted by molar-refractivity contribution is 5.90. The highest BCUT2D eigenvalue weighted by Crippen LogP contribution is 2.26. The monoisotopic (exact) mass is 483 g/mol. The van der Waals surface area contributed by atoms with E-state index in [1.807, 2.05) is 0 Å². The summed E-state index contributed by atoms with van der Waals surface area (Å²) < 4.78 is 49.1. The number of rotatable bonds is 6. The second-order valence-corrected chi connectivity index (χ2v) is 7.45. The van der Waals surface area contributed by atoms with Crippen molar-refractivity contribution in [3.63, 3.8) is 0 Å². The Morgan fingerprint density at radius 3 is 2.54 bits per heavy atom. The number of hydrogen-bond acceptors (Lipinski definition) is 7. The van der Waals surface area contributed by atoms with E-state index in [4.69, 9.17) is 15.2 Å². The van der Waals surface area contributed by atoms with Crippen molar-refractivity contribution < 1.29 is 22.6 Å². The molecular weight excluding hydrogens is 463 g/mol. The van der Waals surface area contributed by atoms with Gasteiger partial charge in [0, 0.05) is 30.1 Å². The molecule has 0 radical (unpaired) electrons. The summed E-state index contributed by atoms with van der Waals surface area (Å²) in [4.78, 5) is 26.1. The summed E-state index contributed by atoms with van der Waals surface area (Å²) in [5.41, 5.74) is 8.23. The molecule has 35 heavy (non-hydrogen) atoms. The number of nitrogens with zero attached hydrogens (tertiary/aromatic N) is 4. The van der Waals surface area contributed by atoms with Gasteiger partial charge in [0.2, 0.25) is 5.88 Å². The molecule has 0 atom stereocenters. The van der Waals surface area contributed by atoms with Crippen molar-refractivity contribution in [2.24, 2.45) is 4.99 Å². The van der Waals surface area contributed by atoms with Crippen molar-refractivity contribution in [1.29, 1.82) is 0 Å². The number of alkyl halides is 3. The zero-order valence-corrected chi connectivity index (χ0v) is 18.7. The number of nitrogen functional groups attached to an aromatic ring is 1. The van der Waals surface area contributed by atoms with E-state index in [2.05, 4.69) is 15.0 Å². The fourth-order valence-electron chi connectivity index (χ4n) is 3.45. The molecule has 0 saturated carbocycles. The van der Waals surface area contributed by atoms with Gasteiger partial charge in [-0.3, -0.25) is 14.4 Å². The highest BCUT2D eigenvalue weighted by Gasteiger charge is 2.29. The summed E-state index contributed by atoms with van der Waals surface area (Å²) in [5.74, 6) is 0.197. The molecule has 2 aromatic carbocycles. The van der Waals surface area contributed by atoms with Crippen molar-refractivity contribution in [3.8, 4) is 28.4 Å². The van der Waals surface area contributed by atoms with Gasteiger partial charge in [-0.15, -0.1) is 0 Å². The van der Waals surface area contributed by atoms with Crippen LogP contribution in [0.2, 0.25) is 0 Å². The Morgan fingerprint density at radius 2 is 1.89 bits per heavy atom. The summed E-state index contributed by atoms with van der Waals surface area (Å²) in [6.07, 6.45) is -1.89. The molecule has 0 saturated heterocycles. The molecule has 11 heteroatoms. The Kier molecular flexibility index (Phi) is 6.41. The smallest absolute Gasteiger partial charge is 0.422 e. The van der Waals surface area contributed by atoms with Crippen LogP contribution in [0.5, 0.6) is 11.6 Å². The van der Waals surface area contributed by atoms with Crippen molar-refractivity contribution in [2.45, 2.75) is 6.18 Å². The third kappa shape index (κ3) is 5.08. The largest absolute Gasteiger partial charge is 0.497 e. The summed E-state index contributed by atoms with van der Waals surface area (Å²) in [7, 11) is 3.11. The van der Waals surface area contributed by atoms with Crippen LogP contribution in [-0.4, -0.2) is 47.7 Å². The SMILES string of the molecule is CN=Cc1cc(-c2cc3ncc(OCC(F)(F)F)nc3n(-c3ccc(OC)cc3)c2=O)ccc1N. The average Bonchev–Trinajstić information content (AvgIpc) is 2.83. The molecule has 0 bridgehead atoms. The minimum atomic E-state index is -4.55. The number of aliphatic imine (C=N–C) groups is 1. The lowest BCUT2D eigenvalue weighted by molar-refractivity contribution is -0.154. The summed E-state index contributed by atoms with van der Waals surface area (Å²) in [6, 6.07) is 13.2. The number of pyridine rings is 1. The van der Waals surface area contributed by atoms with Crippen LogP contribution in [0.4, 0.5) is 18.9 Å². The van der Waals surface area contributed by atoms with E-state index in [9.17, 15) is 18.0 Å². The van der Waals surface area contributed by atoms with E-state index in [-0.39, 0.29) is 22.6 Å². The second kappa shape index (κ2) is 9.45. The van der Waals surface area contributed by atoms with Gasteiger partial charge < -0.3 is 15.2 Å². The van der Waals surface area contributed by atoms with Crippen LogP contribution in [-0.2, 0) is 0 Å². The standard InChI is InChI=1S/C24H20F3N5O3/c1-29-11-15-9-14(3-8-19(15)28)18-10-20-22(31-21(12-30-20)35-13-24(25,26)27)32(23(18)33)16-4-6-17(34-2)7-5-16/h3-12H,13,28H2,1-2H3. The molecule has 0 aliphatic carbocycles. The van der Waals surface area contributed by atoms with Gasteiger partial charge in [0.1, 0.15) is 11.3 Å². The molecule has 4 rings (SSSR count). The van der Waals surface area contributed by atoms with Crippen LogP contribution in [0.1, 0.15) is 5.56 Å². The average molecular weight is 483 g/mol. The number of methoxy groups -OCH3 is 1. The van der Waals surface area contributed by atoms with Crippen LogP contribution in [0.25, 0.3) is 28.0 Å². The quantitative estimate of drug-likeness (QED) is 0.328. The molecule has 0 fully saturated rings. The third-order valence-corrected chi connectivity index (χ3v) is 5.07. The van der Waals surface area contributed by atoms with Gasteiger partial charge in [0.15, 0.2) is 12.3 Å². The molecular formula is C24H20F3N5O3. The topological polar surface area (TPSA) is 105 Å². The number of anilines is 1. The zero-order valence-electron chi connectivity index (χ0n) is 18.7. The minimum Gasteiger partial charge on any atom is -0.497 e. The van der Waals surface area contributed by atoms with Crippen LogP contribution < -0.4 is 20.8 Å². The van der Waals surface area contributed by atoms with Gasteiger partial charge in [-0.2, -0.15) is 18.2 Å². The molecule has 4 aromatic rings. The number of halogens is 3. The number of ether oxygens (including phenoxy) is 2. The Balaban J connectivity index is 1.95. The maximum Gasteiger partial charge on any atom is 0.422 e. The molecule has 2 N–H and O–H groups in total. The molecule has 0 amide bonds. The van der Waals surface area contributed by atoms with Crippen molar-refractivity contribution in [1.82, 2.24) is 14.5 Å². The number of benzene rings is 2. The minimum absolute atomic E-state index is 0.0365. The van der Waals surface area contributed by atoms with Crippen molar-refractivity contribution >= 4 is 23.1 Å². The Bertz CT molecular complexity index is 1460. The number of aromatic nitrogens is 3. The van der Waals surface area contributed by atoms with E-state index in [0.29, 0.717) is 28.3 Å². The maximum absolute atomic E-state index is 13.7. The fourth-order valence-corrected chi connectivity index (χ4v) is 3.45. The van der Waals surface area contributed by atoms with Gasteiger partial charge in [-0.25, -0.2) is 4.98 Å². The van der Waals surface area contributed by atoms with Crippen molar-refractivity contribution in [2.75, 3.05) is 26.5 Å². The number of nitrogens with two attached hydrogens (primary N) is 1. The normalized spacial score (nSPS) is 11.8. The van der Waals surface area contributed by atoms with Crippen LogP contribution in [0.3, 0.4) is 0 Å². The van der Waals surface area contributed by atoms with E-state index < -0.39 is 18.3 Å². The lowest BCUT2D eigenvalue weighted by atomic mass is 10.0. The summed E-state index contributed by atoms with van der Waals surface area (Å²) in [6.45, 7) is -1.54. The Labute approximate surface area is 197 Å². The lowest BCUT2D eigenvalue weighted by Gasteiger charge is -2.14. The molecule has 0 aliphatic heterocycles. The lowest BCUT2D eigenvalue weighted by Crippen LogP contribution is -2.23.